The Bertz CT molecular complexity index is 802. The molecule has 0 saturated heterocycles. The molecule has 1 aromatic rings. The van der Waals surface area contributed by atoms with E-state index in [0.29, 0.717) is 18.7 Å². The molecule has 2 aliphatic rings. The van der Waals surface area contributed by atoms with E-state index in [-0.39, 0.29) is 12.5 Å². The number of allylic oxidation sites excluding steroid dienone is 1. The number of benzene rings is 1. The summed E-state index contributed by atoms with van der Waals surface area (Å²) < 4.78 is 17.4. The summed E-state index contributed by atoms with van der Waals surface area (Å²) >= 11 is 0. The van der Waals surface area contributed by atoms with Crippen molar-refractivity contribution in [1.29, 1.82) is 0 Å². The van der Waals surface area contributed by atoms with Crippen molar-refractivity contribution in [2.75, 3.05) is 13.2 Å². The van der Waals surface area contributed by atoms with E-state index in [2.05, 4.69) is 0 Å². The van der Waals surface area contributed by atoms with Crippen LogP contribution in [0, 0.1) is 11.3 Å². The molecular weight excluding hydrogens is 358 g/mol. The molecule has 1 fully saturated rings. The number of aliphatic imine (C=N–C) groups is 1. The fourth-order valence-electron chi connectivity index (χ4n) is 4.48. The van der Waals surface area contributed by atoms with E-state index in [0.717, 1.165) is 5.56 Å². The van der Waals surface area contributed by atoms with Crippen LogP contribution in [0.1, 0.15) is 39.7 Å². The first-order valence-corrected chi connectivity index (χ1v) is 9.73. The summed E-state index contributed by atoms with van der Waals surface area (Å²) in [5.74, 6) is -1.12. The third-order valence-corrected chi connectivity index (χ3v) is 5.38. The number of rotatable bonds is 7. The van der Waals surface area contributed by atoms with E-state index in [9.17, 15) is 9.59 Å². The predicted molar refractivity (Wildman–Crippen MR) is 105 cm³/mol. The zero-order valence-electron chi connectivity index (χ0n) is 16.8. The molecule has 0 unspecified atom stereocenters. The van der Waals surface area contributed by atoms with E-state index >= 15 is 0 Å². The van der Waals surface area contributed by atoms with Crippen molar-refractivity contribution < 1.29 is 23.8 Å². The van der Waals surface area contributed by atoms with Gasteiger partial charge in [0.15, 0.2) is 11.5 Å². The summed E-state index contributed by atoms with van der Waals surface area (Å²) in [7, 11) is 0. The van der Waals surface area contributed by atoms with Crippen LogP contribution in [0.4, 0.5) is 0 Å². The fourth-order valence-corrected chi connectivity index (χ4v) is 4.48. The van der Waals surface area contributed by atoms with Crippen molar-refractivity contribution in [1.82, 2.24) is 0 Å². The fraction of sp³-hybridized carbons (Fsp3) is 0.500. The van der Waals surface area contributed by atoms with Gasteiger partial charge >= 0.3 is 11.9 Å². The summed E-state index contributed by atoms with van der Waals surface area (Å²) in [6.45, 7) is 7.47. The van der Waals surface area contributed by atoms with Gasteiger partial charge in [-0.1, -0.05) is 42.5 Å². The van der Waals surface area contributed by atoms with Gasteiger partial charge in [0.2, 0.25) is 5.72 Å². The van der Waals surface area contributed by atoms with Crippen LogP contribution in [-0.2, 0) is 23.8 Å². The molecule has 4 atom stereocenters. The highest BCUT2D eigenvalue weighted by Gasteiger charge is 2.75. The lowest BCUT2D eigenvalue weighted by atomic mass is 9.76. The number of esters is 2. The largest absolute Gasteiger partial charge is 0.465 e. The minimum absolute atomic E-state index is 0.210. The zero-order valence-corrected chi connectivity index (χ0v) is 16.8. The van der Waals surface area contributed by atoms with Crippen LogP contribution in [0.2, 0.25) is 0 Å². The van der Waals surface area contributed by atoms with Crippen LogP contribution in [0.25, 0.3) is 0 Å². The number of carbonyl (C=O) groups is 2. The predicted octanol–water partition coefficient (Wildman–Crippen LogP) is 3.30. The van der Waals surface area contributed by atoms with Gasteiger partial charge in [0.05, 0.1) is 12.3 Å². The standard InChI is InChI=1S/C22H27NO5/c1-5-11-17-14-21(20(25)26-6-2)18(16-12-9-8-10-13-16)23-22(17,27-7-3)19(21)28-15(4)24/h5,8-13,17,19H,6-7,14H2,1-4H3/b11-5-/t17-,19+,21+,22+/m0/s1. The van der Waals surface area contributed by atoms with Crippen molar-refractivity contribution in [3.05, 3.63) is 48.0 Å². The third-order valence-electron chi connectivity index (χ3n) is 5.38. The number of hydrogen-bond donors (Lipinski definition) is 0. The third kappa shape index (κ3) is 2.96. The lowest BCUT2D eigenvalue weighted by Crippen LogP contribution is -2.50. The normalized spacial score (nSPS) is 31.1. The molecule has 2 bridgehead atoms. The van der Waals surface area contributed by atoms with E-state index in [1.165, 1.54) is 6.92 Å². The lowest BCUT2D eigenvalue weighted by molar-refractivity contribution is -0.179. The average molecular weight is 385 g/mol. The van der Waals surface area contributed by atoms with Crippen LogP contribution in [0.15, 0.2) is 47.5 Å². The molecule has 6 nitrogen and oxygen atoms in total. The van der Waals surface area contributed by atoms with Crippen molar-refractivity contribution >= 4 is 17.7 Å². The van der Waals surface area contributed by atoms with Gasteiger partial charge < -0.3 is 14.2 Å². The molecule has 1 aliphatic carbocycles. The van der Waals surface area contributed by atoms with E-state index in [1.54, 1.807) is 6.92 Å². The maximum atomic E-state index is 13.3. The number of hydrogen-bond acceptors (Lipinski definition) is 6. The van der Waals surface area contributed by atoms with Crippen molar-refractivity contribution in [3.8, 4) is 0 Å². The first-order valence-electron chi connectivity index (χ1n) is 9.73. The number of ether oxygens (including phenoxy) is 3. The minimum Gasteiger partial charge on any atom is -0.465 e. The van der Waals surface area contributed by atoms with E-state index in [4.69, 9.17) is 19.2 Å². The van der Waals surface area contributed by atoms with Gasteiger partial charge in [0.1, 0.15) is 0 Å². The molecule has 150 valence electrons. The second-order valence-electron chi connectivity index (χ2n) is 7.03. The Morgan fingerprint density at radius 2 is 1.93 bits per heavy atom. The van der Waals surface area contributed by atoms with Crippen LogP contribution in [0.3, 0.4) is 0 Å². The Morgan fingerprint density at radius 1 is 1.21 bits per heavy atom. The summed E-state index contributed by atoms with van der Waals surface area (Å²) in [5.41, 5.74) is -0.993. The molecule has 1 heterocycles. The molecule has 0 radical (unpaired) electrons. The highest BCUT2D eigenvalue weighted by atomic mass is 16.6. The smallest absolute Gasteiger partial charge is 0.322 e. The first kappa shape index (κ1) is 20.3. The summed E-state index contributed by atoms with van der Waals surface area (Å²) in [5, 5.41) is 0. The Hall–Kier alpha value is -2.47. The molecular formula is C22H27NO5. The van der Waals surface area contributed by atoms with Gasteiger partial charge in [0, 0.05) is 19.4 Å². The zero-order chi connectivity index (χ0) is 20.4. The molecule has 6 heteroatoms. The molecule has 0 N–H and O–H groups in total. The van der Waals surface area contributed by atoms with Crippen LogP contribution in [0.5, 0.6) is 0 Å². The van der Waals surface area contributed by atoms with Crippen LogP contribution >= 0.6 is 0 Å². The monoisotopic (exact) mass is 385 g/mol. The topological polar surface area (TPSA) is 74.2 Å². The Balaban J connectivity index is 2.26. The van der Waals surface area contributed by atoms with E-state index < -0.39 is 29.2 Å². The maximum absolute atomic E-state index is 13.3. The summed E-state index contributed by atoms with van der Waals surface area (Å²) in [6, 6.07) is 9.48. The summed E-state index contributed by atoms with van der Waals surface area (Å²) in [6.07, 6.45) is 3.40. The van der Waals surface area contributed by atoms with Gasteiger partial charge in [-0.2, -0.15) is 0 Å². The number of carbonyl (C=O) groups excluding carboxylic acids is 2. The quantitative estimate of drug-likeness (QED) is 0.532. The minimum atomic E-state index is -1.21. The first-order chi connectivity index (χ1) is 13.5. The molecule has 0 spiro atoms. The lowest BCUT2D eigenvalue weighted by Gasteiger charge is -2.33. The molecule has 1 aliphatic heterocycles. The van der Waals surface area contributed by atoms with Gasteiger partial charge in [-0.3, -0.25) is 9.59 Å². The SMILES string of the molecule is C/C=C\[C@H]1C[C@@]2(C(=O)OCC)C(c3ccccc3)=N[C@]1(OCC)[C@@H]2OC(C)=O. The second kappa shape index (κ2) is 7.87. The van der Waals surface area contributed by atoms with Crippen molar-refractivity contribution in [2.45, 2.75) is 45.9 Å². The summed E-state index contributed by atoms with van der Waals surface area (Å²) in [4.78, 5) is 30.2. The molecule has 28 heavy (non-hydrogen) atoms. The molecule has 3 rings (SSSR count). The van der Waals surface area contributed by atoms with Crippen molar-refractivity contribution in [2.24, 2.45) is 16.3 Å². The van der Waals surface area contributed by atoms with E-state index in [1.807, 2.05) is 56.3 Å². The highest BCUT2D eigenvalue weighted by Crippen LogP contribution is 2.60. The van der Waals surface area contributed by atoms with Gasteiger partial charge in [-0.05, 0) is 32.8 Å². The Labute approximate surface area is 165 Å². The highest BCUT2D eigenvalue weighted by molar-refractivity contribution is 6.18. The van der Waals surface area contributed by atoms with Crippen LogP contribution < -0.4 is 0 Å². The van der Waals surface area contributed by atoms with Gasteiger partial charge in [0.25, 0.3) is 0 Å². The number of nitrogens with zero attached hydrogens (tertiary/aromatic N) is 1. The molecule has 0 aromatic heterocycles. The Morgan fingerprint density at radius 3 is 2.50 bits per heavy atom. The van der Waals surface area contributed by atoms with Gasteiger partial charge in [-0.25, -0.2) is 4.99 Å². The Kier molecular flexibility index (Phi) is 5.70. The van der Waals surface area contributed by atoms with Crippen LogP contribution in [-0.4, -0.2) is 42.7 Å². The average Bonchev–Trinajstić information content (AvgIpc) is 3.08. The maximum Gasteiger partial charge on any atom is 0.322 e. The van der Waals surface area contributed by atoms with Crippen molar-refractivity contribution in [3.63, 3.8) is 0 Å². The molecule has 1 saturated carbocycles. The second-order valence-corrected chi connectivity index (χ2v) is 7.03. The number of fused-ring (bicyclic) bond motifs is 2. The molecule has 0 amide bonds. The molecule has 1 aromatic carbocycles. The van der Waals surface area contributed by atoms with Gasteiger partial charge in [-0.15, -0.1) is 0 Å².